The van der Waals surface area contributed by atoms with Crippen molar-refractivity contribution in [1.29, 1.82) is 0 Å². The maximum Gasteiger partial charge on any atom is 0.160 e. The van der Waals surface area contributed by atoms with Crippen LogP contribution in [0.3, 0.4) is 0 Å². The van der Waals surface area contributed by atoms with Gasteiger partial charge in [0.15, 0.2) is 5.65 Å². The van der Waals surface area contributed by atoms with Crippen LogP contribution in [0.5, 0.6) is 0 Å². The molecule has 4 heteroatoms. The number of hydrogen-bond donors (Lipinski definition) is 0. The molecule has 0 spiro atoms. The summed E-state index contributed by atoms with van der Waals surface area (Å²) in [6, 6.07) is 18.4. The molecule has 4 rings (SSSR count). The van der Waals surface area contributed by atoms with Crippen LogP contribution in [0.4, 0.5) is 0 Å². The number of imidazole rings is 1. The first-order chi connectivity index (χ1) is 11.7. The number of rotatable bonds is 3. The van der Waals surface area contributed by atoms with Gasteiger partial charge in [0.1, 0.15) is 11.3 Å². The van der Waals surface area contributed by atoms with Crippen molar-refractivity contribution in [2.45, 2.75) is 20.4 Å². The first-order valence-electron chi connectivity index (χ1n) is 8.01. The first kappa shape index (κ1) is 14.6. The molecule has 0 N–H and O–H groups in total. The Bertz CT molecular complexity index is 986. The molecule has 0 aliphatic carbocycles. The number of fused-ring (bicyclic) bond motifs is 1. The fourth-order valence-corrected chi connectivity index (χ4v) is 2.82. The zero-order valence-corrected chi connectivity index (χ0v) is 13.8. The van der Waals surface area contributed by atoms with Crippen molar-refractivity contribution >= 4 is 11.2 Å². The van der Waals surface area contributed by atoms with Crippen molar-refractivity contribution in [1.82, 2.24) is 19.5 Å². The molecule has 4 aromatic rings. The Kier molecular flexibility index (Phi) is 3.58. The van der Waals surface area contributed by atoms with Crippen molar-refractivity contribution < 1.29 is 0 Å². The highest BCUT2D eigenvalue weighted by molar-refractivity contribution is 5.77. The maximum atomic E-state index is 4.82. The molecule has 1 aromatic carbocycles. The Morgan fingerprint density at radius 3 is 2.46 bits per heavy atom. The van der Waals surface area contributed by atoms with E-state index in [4.69, 9.17) is 9.97 Å². The monoisotopic (exact) mass is 314 g/mol. The van der Waals surface area contributed by atoms with Gasteiger partial charge in [-0.3, -0.25) is 4.98 Å². The summed E-state index contributed by atoms with van der Waals surface area (Å²) in [7, 11) is 0. The van der Waals surface area contributed by atoms with Gasteiger partial charge in [-0.25, -0.2) is 9.97 Å². The molecular formula is C20H18N4. The van der Waals surface area contributed by atoms with Gasteiger partial charge in [0, 0.05) is 17.5 Å². The Hall–Kier alpha value is -3.01. The van der Waals surface area contributed by atoms with Gasteiger partial charge in [-0.15, -0.1) is 0 Å². The van der Waals surface area contributed by atoms with E-state index in [0.29, 0.717) is 6.54 Å². The van der Waals surface area contributed by atoms with Gasteiger partial charge < -0.3 is 4.57 Å². The highest BCUT2D eigenvalue weighted by atomic mass is 15.1. The zero-order valence-electron chi connectivity index (χ0n) is 13.8. The lowest BCUT2D eigenvalue weighted by atomic mass is 10.1. The second kappa shape index (κ2) is 5.89. The largest absolute Gasteiger partial charge is 0.303 e. The van der Waals surface area contributed by atoms with Gasteiger partial charge in [-0.05, 0) is 38.1 Å². The van der Waals surface area contributed by atoms with Crippen LogP contribution in [0.15, 0.2) is 60.8 Å². The minimum absolute atomic E-state index is 0.650. The van der Waals surface area contributed by atoms with E-state index in [-0.39, 0.29) is 0 Å². The molecule has 3 heterocycles. The highest BCUT2D eigenvalue weighted by Crippen LogP contribution is 2.25. The van der Waals surface area contributed by atoms with Crippen LogP contribution in [0, 0.1) is 13.8 Å². The summed E-state index contributed by atoms with van der Waals surface area (Å²) in [5.74, 6) is 0.925. The van der Waals surface area contributed by atoms with Crippen LogP contribution in [-0.2, 0) is 6.54 Å². The average molecular weight is 314 g/mol. The Balaban J connectivity index is 1.91. The minimum atomic E-state index is 0.650. The van der Waals surface area contributed by atoms with Gasteiger partial charge >= 0.3 is 0 Å². The van der Waals surface area contributed by atoms with Crippen molar-refractivity contribution in [2.75, 3.05) is 0 Å². The average Bonchev–Trinajstić information content (AvgIpc) is 2.94. The molecule has 0 saturated carbocycles. The van der Waals surface area contributed by atoms with Crippen molar-refractivity contribution in [2.24, 2.45) is 0 Å². The third-order valence-electron chi connectivity index (χ3n) is 4.09. The molecular weight excluding hydrogens is 296 g/mol. The summed E-state index contributed by atoms with van der Waals surface area (Å²) >= 11 is 0. The predicted molar refractivity (Wildman–Crippen MR) is 95.8 cm³/mol. The molecule has 0 radical (unpaired) electrons. The fourth-order valence-electron chi connectivity index (χ4n) is 2.82. The molecule has 24 heavy (non-hydrogen) atoms. The van der Waals surface area contributed by atoms with Crippen LogP contribution in [-0.4, -0.2) is 19.5 Å². The molecule has 0 saturated heterocycles. The van der Waals surface area contributed by atoms with Gasteiger partial charge in [0.2, 0.25) is 0 Å². The van der Waals surface area contributed by atoms with E-state index < -0.39 is 0 Å². The highest BCUT2D eigenvalue weighted by Gasteiger charge is 2.14. The SMILES string of the molecule is Cc1ccc(-c2nc3ccc(C)nc3n2Cc2ccccn2)cc1. The van der Waals surface area contributed by atoms with Crippen LogP contribution in [0.25, 0.3) is 22.6 Å². The second-order valence-electron chi connectivity index (χ2n) is 6.00. The Labute approximate surface area is 140 Å². The smallest absolute Gasteiger partial charge is 0.160 e. The Morgan fingerprint density at radius 2 is 1.71 bits per heavy atom. The number of benzene rings is 1. The van der Waals surface area contributed by atoms with Gasteiger partial charge in [0.25, 0.3) is 0 Å². The van der Waals surface area contributed by atoms with E-state index in [9.17, 15) is 0 Å². The number of aryl methyl sites for hydroxylation is 2. The summed E-state index contributed by atoms with van der Waals surface area (Å²) in [4.78, 5) is 14.0. The van der Waals surface area contributed by atoms with E-state index >= 15 is 0 Å². The van der Waals surface area contributed by atoms with E-state index in [2.05, 4.69) is 40.7 Å². The van der Waals surface area contributed by atoms with E-state index in [1.807, 2.05) is 43.5 Å². The molecule has 0 aliphatic heterocycles. The van der Waals surface area contributed by atoms with Crippen LogP contribution in [0.2, 0.25) is 0 Å². The lowest BCUT2D eigenvalue weighted by molar-refractivity contribution is 0.796. The van der Waals surface area contributed by atoms with E-state index in [1.54, 1.807) is 0 Å². The molecule has 0 amide bonds. The second-order valence-corrected chi connectivity index (χ2v) is 6.00. The molecule has 118 valence electrons. The Morgan fingerprint density at radius 1 is 0.875 bits per heavy atom. The summed E-state index contributed by atoms with van der Waals surface area (Å²) in [5.41, 5.74) is 6.12. The number of nitrogens with zero attached hydrogens (tertiary/aromatic N) is 4. The predicted octanol–water partition coefficient (Wildman–Crippen LogP) is 4.16. The summed E-state index contributed by atoms with van der Waals surface area (Å²) < 4.78 is 2.15. The number of pyridine rings is 2. The summed E-state index contributed by atoms with van der Waals surface area (Å²) in [6.45, 7) is 4.74. The van der Waals surface area contributed by atoms with Crippen LogP contribution < -0.4 is 0 Å². The van der Waals surface area contributed by atoms with Crippen LogP contribution in [0.1, 0.15) is 17.0 Å². The zero-order chi connectivity index (χ0) is 16.5. The molecule has 0 unspecified atom stereocenters. The quantitative estimate of drug-likeness (QED) is 0.570. The maximum absolute atomic E-state index is 4.82. The standard InChI is InChI=1S/C20H18N4/c1-14-6-9-16(10-7-14)19-23-18-11-8-15(2)22-20(18)24(19)13-17-5-3-4-12-21-17/h3-12H,13H2,1-2H3. The molecule has 4 nitrogen and oxygen atoms in total. The van der Waals surface area contributed by atoms with Crippen LogP contribution >= 0.6 is 0 Å². The van der Waals surface area contributed by atoms with Gasteiger partial charge in [-0.2, -0.15) is 0 Å². The van der Waals surface area contributed by atoms with E-state index in [0.717, 1.165) is 33.9 Å². The molecule has 3 aromatic heterocycles. The molecule has 0 atom stereocenters. The number of hydrogen-bond acceptors (Lipinski definition) is 3. The summed E-state index contributed by atoms with van der Waals surface area (Å²) in [6.07, 6.45) is 1.82. The summed E-state index contributed by atoms with van der Waals surface area (Å²) in [5, 5.41) is 0. The van der Waals surface area contributed by atoms with Gasteiger partial charge in [-0.1, -0.05) is 35.9 Å². The molecule has 0 aliphatic rings. The van der Waals surface area contributed by atoms with Crippen molar-refractivity contribution in [3.8, 4) is 11.4 Å². The number of aromatic nitrogens is 4. The van der Waals surface area contributed by atoms with E-state index in [1.165, 1.54) is 5.56 Å². The normalized spacial score (nSPS) is 11.1. The first-order valence-corrected chi connectivity index (χ1v) is 8.01. The lowest BCUT2D eigenvalue weighted by Crippen LogP contribution is -2.05. The molecule has 0 fully saturated rings. The molecule has 0 bridgehead atoms. The minimum Gasteiger partial charge on any atom is -0.303 e. The fraction of sp³-hybridized carbons (Fsp3) is 0.150. The third kappa shape index (κ3) is 2.67. The van der Waals surface area contributed by atoms with Gasteiger partial charge in [0.05, 0.1) is 12.2 Å². The topological polar surface area (TPSA) is 43.6 Å². The van der Waals surface area contributed by atoms with Crippen molar-refractivity contribution in [3.63, 3.8) is 0 Å². The third-order valence-corrected chi connectivity index (χ3v) is 4.09. The van der Waals surface area contributed by atoms with Crippen molar-refractivity contribution in [3.05, 3.63) is 77.7 Å². The lowest BCUT2D eigenvalue weighted by Gasteiger charge is -2.09.